The molecule has 7 heteroatoms. The van der Waals surface area contributed by atoms with Gasteiger partial charge in [0.1, 0.15) is 4.90 Å². The van der Waals surface area contributed by atoms with Crippen molar-refractivity contribution in [2.75, 3.05) is 0 Å². The van der Waals surface area contributed by atoms with Crippen molar-refractivity contribution in [3.05, 3.63) is 65.2 Å². The largest absolute Gasteiger partial charge is 0.392 e. The van der Waals surface area contributed by atoms with E-state index < -0.39 is 16.1 Å². The van der Waals surface area contributed by atoms with Crippen molar-refractivity contribution in [1.29, 1.82) is 0 Å². The van der Waals surface area contributed by atoms with Gasteiger partial charge in [0.2, 0.25) is 10.0 Å². The summed E-state index contributed by atoms with van der Waals surface area (Å²) in [6.07, 6.45) is 0. The summed E-state index contributed by atoms with van der Waals surface area (Å²) in [6.45, 7) is 0. The van der Waals surface area contributed by atoms with Crippen molar-refractivity contribution in [3.8, 4) is 0 Å². The van der Waals surface area contributed by atoms with Gasteiger partial charge in [-0.2, -0.15) is 4.72 Å². The molecule has 2 aromatic rings. The molecule has 2 rings (SSSR count). The minimum absolute atomic E-state index is 0.0103. The van der Waals surface area contributed by atoms with E-state index in [1.54, 1.807) is 36.4 Å². The molecule has 0 aliphatic heterocycles. The molecule has 0 radical (unpaired) electrons. The topological polar surface area (TPSA) is 72.2 Å². The fourth-order valence-electron chi connectivity index (χ4n) is 1.82. The third kappa shape index (κ3) is 3.79. The molecule has 0 saturated heterocycles. The maximum atomic E-state index is 12.4. The highest BCUT2D eigenvalue weighted by Gasteiger charge is 2.24. The first kappa shape index (κ1) is 15.9. The Balaban J connectivity index is 2.38. The molecule has 0 heterocycles. The molecule has 1 atom stereocenters. The first-order chi connectivity index (χ1) is 9.92. The summed E-state index contributed by atoms with van der Waals surface area (Å²) in [7, 11) is -3.83. The van der Waals surface area contributed by atoms with Gasteiger partial charge >= 0.3 is 0 Å². The molecule has 0 saturated carbocycles. The van der Waals surface area contributed by atoms with Crippen LogP contribution in [0.3, 0.4) is 0 Å². The summed E-state index contributed by atoms with van der Waals surface area (Å²) in [5, 5.41) is 0.139. The minimum atomic E-state index is -3.83. The van der Waals surface area contributed by atoms with Crippen LogP contribution in [0, 0.1) is 0 Å². The van der Waals surface area contributed by atoms with E-state index in [0.717, 1.165) is 0 Å². The highest BCUT2D eigenvalue weighted by molar-refractivity contribution is 7.89. The number of nitrogens with one attached hydrogen (secondary N) is 1. The molecule has 0 fully saturated rings. The Hall–Kier alpha value is -1.47. The number of nitrogens with two attached hydrogens (primary N) is 1. The van der Waals surface area contributed by atoms with Crippen LogP contribution < -0.4 is 10.5 Å². The van der Waals surface area contributed by atoms with Gasteiger partial charge in [-0.3, -0.25) is 0 Å². The third-order valence-electron chi connectivity index (χ3n) is 2.82. The predicted molar refractivity (Wildman–Crippen MR) is 87.7 cm³/mol. The fourth-order valence-corrected chi connectivity index (χ4v) is 3.81. The van der Waals surface area contributed by atoms with Gasteiger partial charge in [-0.15, -0.1) is 0 Å². The lowest BCUT2D eigenvalue weighted by Gasteiger charge is -2.18. The Labute approximate surface area is 134 Å². The molecular weight excluding hydrogens is 328 g/mol. The second kappa shape index (κ2) is 6.53. The van der Waals surface area contributed by atoms with E-state index in [1.165, 1.54) is 12.1 Å². The normalized spacial score (nSPS) is 12.8. The smallest absolute Gasteiger partial charge is 0.242 e. The Morgan fingerprint density at radius 1 is 1.10 bits per heavy atom. The first-order valence-corrected chi connectivity index (χ1v) is 8.30. The molecule has 110 valence electrons. The highest BCUT2D eigenvalue weighted by atomic mass is 35.5. The van der Waals surface area contributed by atoms with Gasteiger partial charge in [-0.05, 0) is 17.7 Å². The van der Waals surface area contributed by atoms with Gasteiger partial charge in [0.05, 0.1) is 16.1 Å². The molecule has 0 bridgehead atoms. The van der Waals surface area contributed by atoms with E-state index in [2.05, 4.69) is 4.72 Å². The van der Waals surface area contributed by atoms with Crippen LogP contribution in [0.4, 0.5) is 0 Å². The minimum Gasteiger partial charge on any atom is -0.392 e. The molecule has 2 aromatic carbocycles. The summed E-state index contributed by atoms with van der Waals surface area (Å²) in [5.74, 6) is 0. The van der Waals surface area contributed by atoms with Crippen LogP contribution in [0.2, 0.25) is 5.02 Å². The van der Waals surface area contributed by atoms with Crippen molar-refractivity contribution in [3.63, 3.8) is 0 Å². The molecule has 0 aromatic heterocycles. The number of sulfonamides is 1. The third-order valence-corrected chi connectivity index (χ3v) is 4.97. The van der Waals surface area contributed by atoms with Crippen LogP contribution in [-0.4, -0.2) is 13.4 Å². The van der Waals surface area contributed by atoms with Gasteiger partial charge in [0.25, 0.3) is 0 Å². The second-order valence-corrected chi connectivity index (χ2v) is 6.86. The molecule has 0 amide bonds. The van der Waals surface area contributed by atoms with E-state index in [9.17, 15) is 8.42 Å². The molecule has 1 unspecified atom stereocenters. The first-order valence-electron chi connectivity index (χ1n) is 6.03. The van der Waals surface area contributed by atoms with Crippen LogP contribution in [0.5, 0.6) is 0 Å². The lowest BCUT2D eigenvalue weighted by molar-refractivity contribution is 0.577. The van der Waals surface area contributed by atoms with Gasteiger partial charge in [0.15, 0.2) is 0 Å². The fraction of sp³-hybridized carbons (Fsp3) is 0.0714. The maximum absolute atomic E-state index is 12.4. The number of rotatable bonds is 5. The van der Waals surface area contributed by atoms with Gasteiger partial charge in [0, 0.05) is 0 Å². The van der Waals surface area contributed by atoms with Crippen molar-refractivity contribution >= 4 is 38.8 Å². The van der Waals surface area contributed by atoms with Crippen LogP contribution in [0.25, 0.3) is 0 Å². The number of thiocarbonyl (C=S) groups is 1. The Kier molecular flexibility index (Phi) is 4.95. The summed E-state index contributed by atoms with van der Waals surface area (Å²) in [4.78, 5) is 0.0284. The van der Waals surface area contributed by atoms with Crippen molar-refractivity contribution < 1.29 is 8.42 Å². The van der Waals surface area contributed by atoms with Crippen molar-refractivity contribution in [1.82, 2.24) is 4.72 Å². The average molecular weight is 341 g/mol. The Bertz CT molecular complexity index is 749. The lowest BCUT2D eigenvalue weighted by atomic mass is 10.1. The zero-order valence-corrected chi connectivity index (χ0v) is 13.3. The Morgan fingerprint density at radius 3 is 2.24 bits per heavy atom. The van der Waals surface area contributed by atoms with Crippen LogP contribution in [0.1, 0.15) is 11.6 Å². The molecule has 3 N–H and O–H groups in total. The van der Waals surface area contributed by atoms with Crippen molar-refractivity contribution in [2.24, 2.45) is 5.73 Å². The van der Waals surface area contributed by atoms with Gasteiger partial charge in [-0.25, -0.2) is 8.42 Å². The summed E-state index contributed by atoms with van der Waals surface area (Å²) in [6, 6.07) is 14.3. The number of hydrogen-bond acceptors (Lipinski definition) is 3. The molecule has 0 aliphatic rings. The molecule has 0 aliphatic carbocycles. The SMILES string of the molecule is NC(=S)C(NS(=O)(=O)c1ccccc1Cl)c1ccccc1. The zero-order chi connectivity index (χ0) is 15.5. The van der Waals surface area contributed by atoms with Crippen LogP contribution in [-0.2, 0) is 10.0 Å². The van der Waals surface area contributed by atoms with Gasteiger partial charge < -0.3 is 5.73 Å². The summed E-state index contributed by atoms with van der Waals surface area (Å²) in [5.41, 5.74) is 6.33. The molecular formula is C14H13ClN2O2S2. The maximum Gasteiger partial charge on any atom is 0.242 e. The Morgan fingerprint density at radius 2 is 1.67 bits per heavy atom. The lowest BCUT2D eigenvalue weighted by Crippen LogP contribution is -2.36. The number of halogens is 1. The predicted octanol–water partition coefficient (Wildman–Crippen LogP) is 2.65. The van der Waals surface area contributed by atoms with E-state index in [0.29, 0.717) is 5.56 Å². The molecule has 0 spiro atoms. The van der Waals surface area contributed by atoms with E-state index in [4.69, 9.17) is 29.6 Å². The van der Waals surface area contributed by atoms with E-state index in [1.807, 2.05) is 6.07 Å². The summed E-state index contributed by atoms with van der Waals surface area (Å²) >= 11 is 10.9. The number of benzene rings is 2. The second-order valence-electron chi connectivity index (χ2n) is 4.30. The molecule has 21 heavy (non-hydrogen) atoms. The standard InChI is InChI=1S/C14H13ClN2O2S2/c15-11-8-4-5-9-12(11)21(18,19)17-13(14(16)20)10-6-2-1-3-7-10/h1-9,13,17H,(H2,16,20). The van der Waals surface area contributed by atoms with Gasteiger partial charge in [-0.1, -0.05) is 66.3 Å². The molecule has 4 nitrogen and oxygen atoms in total. The number of hydrogen-bond donors (Lipinski definition) is 2. The van der Waals surface area contributed by atoms with E-state index >= 15 is 0 Å². The zero-order valence-electron chi connectivity index (χ0n) is 10.9. The average Bonchev–Trinajstić information content (AvgIpc) is 2.46. The van der Waals surface area contributed by atoms with E-state index in [-0.39, 0.29) is 14.9 Å². The van der Waals surface area contributed by atoms with Crippen LogP contribution in [0.15, 0.2) is 59.5 Å². The monoisotopic (exact) mass is 340 g/mol. The van der Waals surface area contributed by atoms with Crippen LogP contribution >= 0.6 is 23.8 Å². The quantitative estimate of drug-likeness (QED) is 0.821. The van der Waals surface area contributed by atoms with Crippen molar-refractivity contribution in [2.45, 2.75) is 10.9 Å². The summed E-state index contributed by atoms with van der Waals surface area (Å²) < 4.78 is 27.3. The highest BCUT2D eigenvalue weighted by Crippen LogP contribution is 2.23.